The lowest BCUT2D eigenvalue weighted by molar-refractivity contribution is 0.460. The molecule has 0 amide bonds. The van der Waals surface area contributed by atoms with Crippen molar-refractivity contribution in [2.75, 3.05) is 6.54 Å². The molecule has 76 valence electrons. The molecule has 14 heavy (non-hydrogen) atoms. The highest BCUT2D eigenvalue weighted by Gasteiger charge is 2.15. The van der Waals surface area contributed by atoms with Gasteiger partial charge in [0.2, 0.25) is 0 Å². The Morgan fingerprint density at radius 3 is 2.93 bits per heavy atom. The third kappa shape index (κ3) is 2.63. The van der Waals surface area contributed by atoms with Gasteiger partial charge >= 0.3 is 0 Å². The van der Waals surface area contributed by atoms with E-state index in [0.717, 1.165) is 12.1 Å². The van der Waals surface area contributed by atoms with Crippen molar-refractivity contribution in [2.24, 2.45) is 11.8 Å². The number of allylic oxidation sites excluding steroid dienone is 3. The summed E-state index contributed by atoms with van der Waals surface area (Å²) in [5, 5.41) is 11.6. The van der Waals surface area contributed by atoms with Crippen molar-refractivity contribution < 1.29 is 0 Å². The van der Waals surface area contributed by atoms with Crippen LogP contribution in [0.25, 0.3) is 0 Å². The maximum atomic E-state index is 8.50. The van der Waals surface area contributed by atoms with E-state index >= 15 is 0 Å². The van der Waals surface area contributed by atoms with Gasteiger partial charge in [-0.05, 0) is 30.8 Å². The van der Waals surface area contributed by atoms with Crippen molar-refractivity contribution in [3.8, 4) is 6.07 Å². The first-order valence-corrected chi connectivity index (χ1v) is 5.15. The highest BCUT2D eigenvalue weighted by atomic mass is 14.9. The van der Waals surface area contributed by atoms with Gasteiger partial charge in [-0.2, -0.15) is 5.26 Å². The second kappa shape index (κ2) is 4.85. The minimum absolute atomic E-state index is 0.391. The molecule has 1 atom stereocenters. The summed E-state index contributed by atoms with van der Waals surface area (Å²) in [7, 11) is 0. The van der Waals surface area contributed by atoms with Crippen LogP contribution in [0.3, 0.4) is 0 Å². The molecule has 0 aliphatic heterocycles. The molecule has 2 heteroatoms. The Balaban J connectivity index is 2.68. The standard InChI is InChI=1S/C12H18N2/c1-9(2)11-5-4-10(3)12(8-11)14-7-6-13/h4,8-9,11,14H,5,7H2,1-3H3. The van der Waals surface area contributed by atoms with E-state index in [9.17, 15) is 0 Å². The molecule has 1 unspecified atom stereocenters. The van der Waals surface area contributed by atoms with E-state index in [2.05, 4.69) is 44.3 Å². The van der Waals surface area contributed by atoms with Crippen molar-refractivity contribution in [3.63, 3.8) is 0 Å². The predicted molar refractivity (Wildman–Crippen MR) is 58.4 cm³/mol. The number of hydrogen-bond donors (Lipinski definition) is 1. The van der Waals surface area contributed by atoms with Crippen LogP contribution in [0.4, 0.5) is 0 Å². The van der Waals surface area contributed by atoms with Gasteiger partial charge in [-0.25, -0.2) is 0 Å². The molecule has 0 bridgehead atoms. The summed E-state index contributed by atoms with van der Waals surface area (Å²) < 4.78 is 0. The van der Waals surface area contributed by atoms with Crippen molar-refractivity contribution in [1.29, 1.82) is 5.26 Å². The largest absolute Gasteiger partial charge is 0.372 e. The molecule has 1 aliphatic carbocycles. The maximum Gasteiger partial charge on any atom is 0.103 e. The molecule has 0 aromatic heterocycles. The lowest BCUT2D eigenvalue weighted by Gasteiger charge is -2.23. The van der Waals surface area contributed by atoms with Crippen molar-refractivity contribution in [3.05, 3.63) is 23.4 Å². The Morgan fingerprint density at radius 1 is 1.64 bits per heavy atom. The van der Waals surface area contributed by atoms with Gasteiger partial charge in [0.25, 0.3) is 0 Å². The summed E-state index contributed by atoms with van der Waals surface area (Å²) in [6.07, 6.45) is 5.64. The van der Waals surface area contributed by atoms with Gasteiger partial charge < -0.3 is 5.32 Å². The van der Waals surface area contributed by atoms with Gasteiger partial charge in [0.15, 0.2) is 0 Å². The molecule has 1 aliphatic rings. The molecule has 0 heterocycles. The van der Waals surface area contributed by atoms with Gasteiger partial charge in [-0.3, -0.25) is 0 Å². The molecule has 0 saturated heterocycles. The molecule has 2 nitrogen and oxygen atoms in total. The SMILES string of the molecule is CC1=CCC(C(C)C)C=C1NCC#N. The number of nitrogens with zero attached hydrogens (tertiary/aromatic N) is 1. The lowest BCUT2D eigenvalue weighted by Crippen LogP contribution is -2.19. The molecule has 0 aromatic carbocycles. The van der Waals surface area contributed by atoms with Crippen LogP contribution in [-0.4, -0.2) is 6.54 Å². The van der Waals surface area contributed by atoms with Crippen LogP contribution >= 0.6 is 0 Å². The van der Waals surface area contributed by atoms with E-state index < -0.39 is 0 Å². The Hall–Kier alpha value is -1.23. The summed E-state index contributed by atoms with van der Waals surface area (Å²) in [4.78, 5) is 0. The summed E-state index contributed by atoms with van der Waals surface area (Å²) in [5.74, 6) is 1.28. The van der Waals surface area contributed by atoms with E-state index in [1.165, 1.54) is 5.57 Å². The summed E-state index contributed by atoms with van der Waals surface area (Å²) in [6.45, 7) is 6.95. The molecule has 0 spiro atoms. The average molecular weight is 190 g/mol. The summed E-state index contributed by atoms with van der Waals surface area (Å²) >= 11 is 0. The zero-order valence-corrected chi connectivity index (χ0v) is 9.17. The van der Waals surface area contributed by atoms with Crippen molar-refractivity contribution in [2.45, 2.75) is 27.2 Å². The first-order chi connectivity index (χ1) is 6.65. The first-order valence-electron chi connectivity index (χ1n) is 5.15. The molecule has 1 rings (SSSR count). The molecular weight excluding hydrogens is 172 g/mol. The quantitative estimate of drug-likeness (QED) is 0.694. The first kappa shape index (κ1) is 10.8. The zero-order valence-electron chi connectivity index (χ0n) is 9.17. The Morgan fingerprint density at radius 2 is 2.36 bits per heavy atom. The monoisotopic (exact) mass is 190 g/mol. The van der Waals surface area contributed by atoms with Crippen LogP contribution < -0.4 is 5.32 Å². The minimum atomic E-state index is 0.391. The smallest absolute Gasteiger partial charge is 0.103 e. The van der Waals surface area contributed by atoms with E-state index in [1.54, 1.807) is 0 Å². The number of nitriles is 1. The molecule has 1 N–H and O–H groups in total. The number of nitrogens with one attached hydrogen (secondary N) is 1. The van der Waals surface area contributed by atoms with Gasteiger partial charge in [0.05, 0.1) is 6.07 Å². The third-order valence-electron chi connectivity index (χ3n) is 2.72. The summed E-state index contributed by atoms with van der Waals surface area (Å²) in [6, 6.07) is 2.10. The van der Waals surface area contributed by atoms with Crippen LogP contribution in [0, 0.1) is 23.2 Å². The summed E-state index contributed by atoms with van der Waals surface area (Å²) in [5.41, 5.74) is 2.40. The van der Waals surface area contributed by atoms with E-state index in [-0.39, 0.29) is 0 Å². The Labute approximate surface area is 86.3 Å². The average Bonchev–Trinajstić information content (AvgIpc) is 2.16. The Bertz CT molecular complexity index is 292. The molecule has 0 radical (unpaired) electrons. The Kier molecular flexibility index (Phi) is 3.76. The van der Waals surface area contributed by atoms with Crippen LogP contribution in [0.5, 0.6) is 0 Å². The molecular formula is C12H18N2. The van der Waals surface area contributed by atoms with Gasteiger partial charge in [0, 0.05) is 5.70 Å². The van der Waals surface area contributed by atoms with E-state index in [0.29, 0.717) is 18.4 Å². The van der Waals surface area contributed by atoms with Crippen molar-refractivity contribution >= 4 is 0 Å². The number of hydrogen-bond acceptors (Lipinski definition) is 2. The van der Waals surface area contributed by atoms with Crippen LogP contribution in [0.1, 0.15) is 27.2 Å². The second-order valence-corrected chi connectivity index (χ2v) is 4.12. The van der Waals surface area contributed by atoms with Crippen LogP contribution in [0.15, 0.2) is 23.4 Å². The lowest BCUT2D eigenvalue weighted by atomic mass is 9.86. The fourth-order valence-electron chi connectivity index (χ4n) is 1.63. The maximum absolute atomic E-state index is 8.50. The molecule has 0 aromatic rings. The minimum Gasteiger partial charge on any atom is -0.372 e. The van der Waals surface area contributed by atoms with E-state index in [1.807, 2.05) is 0 Å². The predicted octanol–water partition coefficient (Wildman–Crippen LogP) is 2.61. The third-order valence-corrected chi connectivity index (χ3v) is 2.72. The second-order valence-electron chi connectivity index (χ2n) is 4.12. The zero-order chi connectivity index (χ0) is 10.6. The highest BCUT2D eigenvalue weighted by molar-refractivity contribution is 5.32. The highest BCUT2D eigenvalue weighted by Crippen LogP contribution is 2.26. The van der Waals surface area contributed by atoms with Gasteiger partial charge in [0.1, 0.15) is 6.54 Å². The fraction of sp³-hybridized carbons (Fsp3) is 0.583. The topological polar surface area (TPSA) is 35.8 Å². The van der Waals surface area contributed by atoms with Crippen LogP contribution in [-0.2, 0) is 0 Å². The fourth-order valence-corrected chi connectivity index (χ4v) is 1.63. The number of rotatable bonds is 3. The van der Waals surface area contributed by atoms with Crippen molar-refractivity contribution in [1.82, 2.24) is 5.32 Å². The van der Waals surface area contributed by atoms with E-state index in [4.69, 9.17) is 5.26 Å². The molecule has 0 fully saturated rings. The normalized spacial score (nSPS) is 21.2. The van der Waals surface area contributed by atoms with Gasteiger partial charge in [-0.1, -0.05) is 26.0 Å². The van der Waals surface area contributed by atoms with Crippen LogP contribution in [0.2, 0.25) is 0 Å². The van der Waals surface area contributed by atoms with Gasteiger partial charge in [-0.15, -0.1) is 0 Å². The molecule has 0 saturated carbocycles.